The molecule has 2 aliphatic rings. The van der Waals surface area contributed by atoms with Gasteiger partial charge in [-0.05, 0) is 38.1 Å². The lowest BCUT2D eigenvalue weighted by molar-refractivity contribution is -0.121. The number of rotatable bonds is 5. The molecular formula is C16H28N2O. The van der Waals surface area contributed by atoms with E-state index in [2.05, 4.69) is 16.8 Å². The zero-order valence-corrected chi connectivity index (χ0v) is 12.1. The van der Waals surface area contributed by atoms with Crippen molar-refractivity contribution in [1.29, 1.82) is 0 Å². The molecule has 1 saturated carbocycles. The number of carbonyl (C=O) groups is 1. The van der Waals surface area contributed by atoms with Gasteiger partial charge in [-0.1, -0.05) is 25.3 Å². The van der Waals surface area contributed by atoms with Crippen molar-refractivity contribution in [2.45, 2.75) is 57.4 Å². The molecule has 1 N–H and O–H groups in total. The molecular weight excluding hydrogens is 236 g/mol. The average molecular weight is 264 g/mol. The number of likely N-dealkylation sites (tertiary alicyclic amines) is 1. The Morgan fingerprint density at radius 1 is 1.21 bits per heavy atom. The van der Waals surface area contributed by atoms with Gasteiger partial charge < -0.3 is 10.2 Å². The lowest BCUT2D eigenvalue weighted by Crippen LogP contribution is -2.48. The predicted octanol–water partition coefficient (Wildman–Crippen LogP) is 2.72. The lowest BCUT2D eigenvalue weighted by atomic mass is 9.88. The molecule has 1 atom stereocenters. The first-order valence-corrected chi connectivity index (χ1v) is 7.90. The third kappa shape index (κ3) is 4.98. The molecule has 1 amide bonds. The van der Waals surface area contributed by atoms with E-state index < -0.39 is 0 Å². The molecule has 2 rings (SSSR count). The smallest absolute Gasteiger partial charge is 0.224 e. The number of nitrogens with zero attached hydrogens (tertiary/aromatic N) is 1. The van der Waals surface area contributed by atoms with Gasteiger partial charge in [0.25, 0.3) is 0 Å². The Labute approximate surface area is 117 Å². The van der Waals surface area contributed by atoms with Gasteiger partial charge in [-0.15, -0.1) is 6.58 Å². The van der Waals surface area contributed by atoms with Crippen LogP contribution in [0, 0.1) is 5.92 Å². The Bertz CT molecular complexity index is 297. The van der Waals surface area contributed by atoms with Gasteiger partial charge in [-0.3, -0.25) is 4.79 Å². The van der Waals surface area contributed by atoms with E-state index in [0.29, 0.717) is 12.5 Å². The summed E-state index contributed by atoms with van der Waals surface area (Å²) in [5, 5.41) is 3.14. The summed E-state index contributed by atoms with van der Waals surface area (Å²) in [6.07, 6.45) is 11.5. The second-order valence-corrected chi connectivity index (χ2v) is 6.16. The third-order valence-electron chi connectivity index (χ3n) is 4.44. The molecule has 108 valence electrons. The summed E-state index contributed by atoms with van der Waals surface area (Å²) < 4.78 is 0. The molecule has 1 aliphatic carbocycles. The van der Waals surface area contributed by atoms with Crippen LogP contribution in [0.25, 0.3) is 0 Å². The third-order valence-corrected chi connectivity index (χ3v) is 4.44. The quantitative estimate of drug-likeness (QED) is 0.774. The van der Waals surface area contributed by atoms with E-state index in [1.807, 2.05) is 0 Å². The van der Waals surface area contributed by atoms with E-state index in [4.69, 9.17) is 0 Å². The van der Waals surface area contributed by atoms with Crippen molar-refractivity contribution in [3.8, 4) is 0 Å². The van der Waals surface area contributed by atoms with Gasteiger partial charge >= 0.3 is 0 Å². The van der Waals surface area contributed by atoms with Crippen molar-refractivity contribution < 1.29 is 4.79 Å². The number of carbonyl (C=O) groups excluding carboxylic acids is 1. The molecule has 3 heteroatoms. The monoisotopic (exact) mass is 264 g/mol. The molecule has 0 spiro atoms. The summed E-state index contributed by atoms with van der Waals surface area (Å²) in [5.41, 5.74) is 0. The molecule has 3 nitrogen and oxygen atoms in total. The fourth-order valence-corrected chi connectivity index (χ4v) is 3.49. The Morgan fingerprint density at radius 2 is 2.00 bits per heavy atom. The van der Waals surface area contributed by atoms with Crippen LogP contribution in [0.15, 0.2) is 12.7 Å². The fraction of sp³-hybridized carbons (Fsp3) is 0.812. The molecule has 0 aromatic heterocycles. The zero-order chi connectivity index (χ0) is 13.5. The fourth-order valence-electron chi connectivity index (χ4n) is 3.49. The maximum absolute atomic E-state index is 11.6. The molecule has 1 heterocycles. The summed E-state index contributed by atoms with van der Waals surface area (Å²) in [7, 11) is 0. The van der Waals surface area contributed by atoms with Crippen molar-refractivity contribution in [3.63, 3.8) is 0 Å². The average Bonchev–Trinajstić information content (AvgIpc) is 2.40. The van der Waals surface area contributed by atoms with Crippen molar-refractivity contribution in [2.24, 2.45) is 5.92 Å². The second kappa shape index (κ2) is 7.68. The molecule has 0 radical (unpaired) electrons. The first-order chi connectivity index (χ1) is 9.28. The minimum absolute atomic E-state index is 0.125. The number of amides is 1. The van der Waals surface area contributed by atoms with Crippen molar-refractivity contribution in [1.82, 2.24) is 10.2 Å². The summed E-state index contributed by atoms with van der Waals surface area (Å²) >= 11 is 0. The van der Waals surface area contributed by atoms with Gasteiger partial charge in [0.15, 0.2) is 0 Å². The van der Waals surface area contributed by atoms with Crippen LogP contribution >= 0.6 is 0 Å². The highest BCUT2D eigenvalue weighted by Gasteiger charge is 2.23. The van der Waals surface area contributed by atoms with Crippen LogP contribution in [0.5, 0.6) is 0 Å². The van der Waals surface area contributed by atoms with Crippen LogP contribution in [-0.2, 0) is 4.79 Å². The van der Waals surface area contributed by atoms with E-state index in [1.165, 1.54) is 51.6 Å². The maximum Gasteiger partial charge on any atom is 0.224 e. The van der Waals surface area contributed by atoms with Gasteiger partial charge in [-0.25, -0.2) is 0 Å². The van der Waals surface area contributed by atoms with E-state index in [-0.39, 0.29) is 5.91 Å². The summed E-state index contributed by atoms with van der Waals surface area (Å²) in [6, 6.07) is 0.352. The molecule has 1 unspecified atom stereocenters. The topological polar surface area (TPSA) is 32.3 Å². The highest BCUT2D eigenvalue weighted by Crippen LogP contribution is 2.25. The van der Waals surface area contributed by atoms with Gasteiger partial charge in [0.2, 0.25) is 5.91 Å². The van der Waals surface area contributed by atoms with Crippen molar-refractivity contribution in [3.05, 3.63) is 12.7 Å². The zero-order valence-electron chi connectivity index (χ0n) is 12.1. The summed E-state index contributed by atoms with van der Waals surface area (Å²) in [4.78, 5) is 14.2. The molecule has 19 heavy (non-hydrogen) atoms. The van der Waals surface area contributed by atoms with E-state index >= 15 is 0 Å². The van der Waals surface area contributed by atoms with E-state index in [1.54, 1.807) is 6.08 Å². The van der Waals surface area contributed by atoms with E-state index in [9.17, 15) is 4.79 Å². The Hall–Kier alpha value is -0.830. The van der Waals surface area contributed by atoms with Crippen LogP contribution in [-0.4, -0.2) is 36.5 Å². The molecule has 1 saturated heterocycles. The number of hydrogen-bond acceptors (Lipinski definition) is 2. The second-order valence-electron chi connectivity index (χ2n) is 6.16. The summed E-state index contributed by atoms with van der Waals surface area (Å²) in [5.74, 6) is 1.02. The van der Waals surface area contributed by atoms with Gasteiger partial charge in [-0.2, -0.15) is 0 Å². The first-order valence-electron chi connectivity index (χ1n) is 7.90. The molecule has 0 aromatic rings. The van der Waals surface area contributed by atoms with E-state index in [0.717, 1.165) is 18.9 Å². The van der Waals surface area contributed by atoms with Gasteiger partial charge in [0.05, 0.1) is 0 Å². The van der Waals surface area contributed by atoms with Crippen LogP contribution in [0.3, 0.4) is 0 Å². The Morgan fingerprint density at radius 3 is 2.74 bits per heavy atom. The molecule has 2 fully saturated rings. The SMILES string of the molecule is C=CCC(=O)NC1CCCN(CC2CCCCC2)C1. The number of piperidine rings is 1. The highest BCUT2D eigenvalue weighted by molar-refractivity contribution is 5.77. The van der Waals surface area contributed by atoms with Crippen molar-refractivity contribution in [2.75, 3.05) is 19.6 Å². The number of hydrogen-bond donors (Lipinski definition) is 1. The molecule has 0 aromatic carbocycles. The predicted molar refractivity (Wildman–Crippen MR) is 79.0 cm³/mol. The highest BCUT2D eigenvalue weighted by atomic mass is 16.1. The van der Waals surface area contributed by atoms with Gasteiger partial charge in [0.1, 0.15) is 0 Å². The lowest BCUT2D eigenvalue weighted by Gasteiger charge is -2.36. The summed E-state index contributed by atoms with van der Waals surface area (Å²) in [6.45, 7) is 7.11. The first kappa shape index (κ1) is 14.6. The number of nitrogens with one attached hydrogen (secondary N) is 1. The largest absolute Gasteiger partial charge is 0.352 e. The van der Waals surface area contributed by atoms with Crippen LogP contribution in [0.2, 0.25) is 0 Å². The Balaban J connectivity index is 1.73. The molecule has 1 aliphatic heterocycles. The molecule has 0 bridgehead atoms. The van der Waals surface area contributed by atoms with Crippen molar-refractivity contribution >= 4 is 5.91 Å². The van der Waals surface area contributed by atoms with Gasteiger partial charge in [0, 0.05) is 25.6 Å². The van der Waals surface area contributed by atoms with Crippen LogP contribution in [0.1, 0.15) is 51.4 Å². The normalized spacial score (nSPS) is 26.0. The standard InChI is InChI=1S/C16H28N2O/c1-2-7-16(19)17-15-10-6-11-18(13-15)12-14-8-4-3-5-9-14/h2,14-15H,1,3-13H2,(H,17,19). The van der Waals surface area contributed by atoms with Crippen LogP contribution < -0.4 is 5.32 Å². The van der Waals surface area contributed by atoms with Crippen LogP contribution in [0.4, 0.5) is 0 Å². The minimum Gasteiger partial charge on any atom is -0.352 e. The maximum atomic E-state index is 11.6. The Kier molecular flexibility index (Phi) is 5.90. The minimum atomic E-state index is 0.125.